The van der Waals surface area contributed by atoms with Gasteiger partial charge in [-0.05, 0) is 30.7 Å². The van der Waals surface area contributed by atoms with Gasteiger partial charge >= 0.3 is 0 Å². The van der Waals surface area contributed by atoms with Crippen LogP contribution in [0.25, 0.3) is 0 Å². The third-order valence-corrected chi connectivity index (χ3v) is 6.37. The Hall–Kier alpha value is -1.14. The van der Waals surface area contributed by atoms with Gasteiger partial charge < -0.3 is 5.32 Å². The molecule has 0 bridgehead atoms. The summed E-state index contributed by atoms with van der Waals surface area (Å²) in [4.78, 5) is 4.38. The summed E-state index contributed by atoms with van der Waals surface area (Å²) in [5, 5.41) is 2.87. The molecule has 1 aromatic heterocycles. The second-order valence-electron chi connectivity index (χ2n) is 5.42. The molecular formula is C14H23N3O2S. The highest BCUT2D eigenvalue weighted by atomic mass is 32.2. The third-order valence-electron chi connectivity index (χ3n) is 4.53. The Balaban J connectivity index is 2.28. The molecule has 6 heteroatoms. The molecule has 112 valence electrons. The quantitative estimate of drug-likeness (QED) is 0.906. The molecule has 1 aliphatic rings. The van der Waals surface area contributed by atoms with E-state index in [0.717, 1.165) is 19.3 Å². The van der Waals surface area contributed by atoms with Crippen LogP contribution >= 0.6 is 0 Å². The van der Waals surface area contributed by atoms with Gasteiger partial charge in [0, 0.05) is 32.4 Å². The maximum Gasteiger partial charge on any atom is 0.243 e. The van der Waals surface area contributed by atoms with Crippen molar-refractivity contribution in [3.8, 4) is 0 Å². The summed E-state index contributed by atoms with van der Waals surface area (Å²) >= 11 is 0. The molecule has 1 fully saturated rings. The number of anilines is 1. The predicted octanol–water partition coefficient (Wildman–Crippen LogP) is 2.32. The normalized spacial score (nSPS) is 19.1. The zero-order valence-corrected chi connectivity index (χ0v) is 13.2. The van der Waals surface area contributed by atoms with Crippen LogP contribution in [0.3, 0.4) is 0 Å². The van der Waals surface area contributed by atoms with E-state index in [1.165, 1.54) is 6.20 Å². The fourth-order valence-corrected chi connectivity index (χ4v) is 4.35. The standard InChI is InChI=1S/C14H23N3O2S/c1-4-14(5-2)7-9-17(11-14)20(18,19)12-6-8-16-13(10-12)15-3/h6,8,10H,4-5,7,9,11H2,1-3H3,(H,15,16). The number of hydrogen-bond acceptors (Lipinski definition) is 4. The van der Waals surface area contributed by atoms with Gasteiger partial charge in [-0.3, -0.25) is 0 Å². The molecule has 0 saturated carbocycles. The van der Waals surface area contributed by atoms with Crippen molar-refractivity contribution in [1.29, 1.82) is 0 Å². The number of sulfonamides is 1. The zero-order valence-electron chi connectivity index (χ0n) is 12.4. The molecule has 20 heavy (non-hydrogen) atoms. The third kappa shape index (κ3) is 2.67. The fraction of sp³-hybridized carbons (Fsp3) is 0.643. The van der Waals surface area contributed by atoms with Crippen LogP contribution in [0.1, 0.15) is 33.1 Å². The Bertz CT molecular complexity index is 568. The second-order valence-corrected chi connectivity index (χ2v) is 7.36. The van der Waals surface area contributed by atoms with Crippen LogP contribution < -0.4 is 5.32 Å². The summed E-state index contributed by atoms with van der Waals surface area (Å²) in [5.74, 6) is 0.572. The Labute approximate surface area is 121 Å². The Morgan fingerprint density at radius 2 is 2.10 bits per heavy atom. The average molecular weight is 297 g/mol. The summed E-state index contributed by atoms with van der Waals surface area (Å²) in [5.41, 5.74) is 0.145. The first-order chi connectivity index (χ1) is 9.47. The van der Waals surface area contributed by atoms with Crippen LogP contribution in [-0.2, 0) is 10.0 Å². The minimum atomic E-state index is -3.41. The van der Waals surface area contributed by atoms with E-state index in [2.05, 4.69) is 24.1 Å². The summed E-state index contributed by atoms with van der Waals surface area (Å²) in [6.45, 7) is 5.52. The minimum absolute atomic E-state index is 0.145. The van der Waals surface area contributed by atoms with E-state index >= 15 is 0 Å². The van der Waals surface area contributed by atoms with E-state index < -0.39 is 10.0 Å². The van der Waals surface area contributed by atoms with Crippen molar-refractivity contribution in [3.63, 3.8) is 0 Å². The van der Waals surface area contributed by atoms with Crippen LogP contribution in [0.15, 0.2) is 23.2 Å². The van der Waals surface area contributed by atoms with Crippen molar-refractivity contribution < 1.29 is 8.42 Å². The van der Waals surface area contributed by atoms with Gasteiger partial charge in [-0.15, -0.1) is 0 Å². The van der Waals surface area contributed by atoms with Crippen molar-refractivity contribution in [3.05, 3.63) is 18.3 Å². The lowest BCUT2D eigenvalue weighted by atomic mass is 9.82. The number of rotatable bonds is 5. The average Bonchev–Trinajstić information content (AvgIpc) is 2.93. The highest BCUT2D eigenvalue weighted by Gasteiger charge is 2.40. The fourth-order valence-electron chi connectivity index (χ4n) is 2.78. The molecule has 2 heterocycles. The molecule has 1 saturated heterocycles. The highest BCUT2D eigenvalue weighted by Crippen LogP contribution is 2.39. The number of hydrogen-bond donors (Lipinski definition) is 1. The molecule has 0 aromatic carbocycles. The van der Waals surface area contributed by atoms with Crippen LogP contribution in [0.4, 0.5) is 5.82 Å². The maximum atomic E-state index is 12.7. The Morgan fingerprint density at radius 1 is 1.40 bits per heavy atom. The van der Waals surface area contributed by atoms with E-state index in [1.54, 1.807) is 23.5 Å². The van der Waals surface area contributed by atoms with E-state index in [-0.39, 0.29) is 5.41 Å². The summed E-state index contributed by atoms with van der Waals surface area (Å²) in [6, 6.07) is 3.15. The van der Waals surface area contributed by atoms with E-state index in [4.69, 9.17) is 0 Å². The van der Waals surface area contributed by atoms with Gasteiger partial charge in [0.05, 0.1) is 4.90 Å². The number of pyridine rings is 1. The summed E-state index contributed by atoms with van der Waals surface area (Å²) in [7, 11) is -1.68. The molecule has 0 amide bonds. The van der Waals surface area contributed by atoms with Gasteiger partial charge in [-0.25, -0.2) is 13.4 Å². The lowest BCUT2D eigenvalue weighted by Gasteiger charge is -2.26. The highest BCUT2D eigenvalue weighted by molar-refractivity contribution is 7.89. The van der Waals surface area contributed by atoms with Crippen molar-refractivity contribution in [1.82, 2.24) is 9.29 Å². The van der Waals surface area contributed by atoms with Crippen LogP contribution in [0.5, 0.6) is 0 Å². The van der Waals surface area contributed by atoms with E-state index in [9.17, 15) is 8.42 Å². The summed E-state index contributed by atoms with van der Waals surface area (Å²) in [6.07, 6.45) is 4.52. The van der Waals surface area contributed by atoms with Crippen LogP contribution in [0.2, 0.25) is 0 Å². The van der Waals surface area contributed by atoms with Crippen LogP contribution in [0, 0.1) is 5.41 Å². The second kappa shape index (κ2) is 5.69. The molecule has 0 unspecified atom stereocenters. The molecule has 1 aromatic rings. The monoisotopic (exact) mass is 297 g/mol. The van der Waals surface area contributed by atoms with Crippen molar-refractivity contribution in [2.75, 3.05) is 25.5 Å². The largest absolute Gasteiger partial charge is 0.373 e. The van der Waals surface area contributed by atoms with E-state index in [0.29, 0.717) is 23.8 Å². The first kappa shape index (κ1) is 15.3. The Kier molecular flexibility index (Phi) is 4.34. The smallest absolute Gasteiger partial charge is 0.243 e. The van der Waals surface area contributed by atoms with Gasteiger partial charge in [0.1, 0.15) is 5.82 Å². The predicted molar refractivity (Wildman–Crippen MR) is 80.2 cm³/mol. The van der Waals surface area contributed by atoms with Gasteiger partial charge in [-0.2, -0.15) is 4.31 Å². The first-order valence-corrected chi connectivity index (χ1v) is 8.55. The molecule has 0 aliphatic carbocycles. The maximum absolute atomic E-state index is 12.7. The van der Waals surface area contributed by atoms with E-state index in [1.807, 2.05) is 0 Å². The number of aromatic nitrogens is 1. The molecule has 2 rings (SSSR count). The molecule has 1 aliphatic heterocycles. The van der Waals surface area contributed by atoms with Crippen molar-refractivity contribution in [2.45, 2.75) is 38.0 Å². The van der Waals surface area contributed by atoms with Crippen molar-refractivity contribution >= 4 is 15.8 Å². The lowest BCUT2D eigenvalue weighted by molar-refractivity contribution is 0.279. The van der Waals surface area contributed by atoms with Gasteiger partial charge in [0.25, 0.3) is 0 Å². The van der Waals surface area contributed by atoms with Gasteiger partial charge in [0.2, 0.25) is 10.0 Å². The van der Waals surface area contributed by atoms with Crippen LogP contribution in [-0.4, -0.2) is 37.8 Å². The van der Waals surface area contributed by atoms with Gasteiger partial charge in [0.15, 0.2) is 0 Å². The number of nitrogens with one attached hydrogen (secondary N) is 1. The lowest BCUT2D eigenvalue weighted by Crippen LogP contribution is -2.32. The molecule has 0 spiro atoms. The SMILES string of the molecule is CCC1(CC)CCN(S(=O)(=O)c2ccnc(NC)c2)C1. The zero-order chi connectivity index (χ0) is 14.8. The summed E-state index contributed by atoms with van der Waals surface area (Å²) < 4.78 is 27.0. The van der Waals surface area contributed by atoms with Crippen molar-refractivity contribution in [2.24, 2.45) is 5.41 Å². The molecule has 0 atom stereocenters. The minimum Gasteiger partial charge on any atom is -0.373 e. The molecule has 0 radical (unpaired) electrons. The molecule has 5 nitrogen and oxygen atoms in total. The van der Waals surface area contributed by atoms with Gasteiger partial charge in [-0.1, -0.05) is 13.8 Å². The first-order valence-electron chi connectivity index (χ1n) is 7.11. The number of nitrogens with zero attached hydrogens (tertiary/aromatic N) is 2. The molecular weight excluding hydrogens is 274 g/mol. The topological polar surface area (TPSA) is 62.3 Å². The Morgan fingerprint density at radius 3 is 2.65 bits per heavy atom. The molecule has 1 N–H and O–H groups in total.